The molecule has 1 aromatic carbocycles. The van der Waals surface area contributed by atoms with Gasteiger partial charge in [0.1, 0.15) is 5.82 Å². The molecule has 1 rings (SSSR count). The number of benzene rings is 1. The summed E-state index contributed by atoms with van der Waals surface area (Å²) in [6, 6.07) is 6.17. The zero-order valence-corrected chi connectivity index (χ0v) is 10.3. The molecule has 1 aromatic rings. The lowest BCUT2D eigenvalue weighted by molar-refractivity contribution is -0.124. The van der Waals surface area contributed by atoms with Crippen LogP contribution in [0.25, 0.3) is 6.08 Å². The van der Waals surface area contributed by atoms with Crippen LogP contribution in [0.15, 0.2) is 30.3 Å². The predicted molar refractivity (Wildman–Crippen MR) is 68.0 cm³/mol. The predicted octanol–water partition coefficient (Wildman–Crippen LogP) is 3.10. The van der Waals surface area contributed by atoms with Crippen LogP contribution in [0.1, 0.15) is 25.3 Å². The third kappa shape index (κ3) is 4.81. The molecule has 0 aliphatic heterocycles. The molecular weight excluding hydrogens is 217 g/mol. The van der Waals surface area contributed by atoms with Crippen molar-refractivity contribution >= 4 is 12.0 Å². The average molecular weight is 235 g/mol. The molecule has 17 heavy (non-hydrogen) atoms. The van der Waals surface area contributed by atoms with Crippen molar-refractivity contribution in [3.05, 3.63) is 41.7 Å². The number of unbranched alkanes of at least 4 members (excludes halogenated alkanes) is 1. The molecule has 0 bridgehead atoms. The lowest BCUT2D eigenvalue weighted by Gasteiger charge is -2.13. The summed E-state index contributed by atoms with van der Waals surface area (Å²) in [6.45, 7) is 2.84. The van der Waals surface area contributed by atoms with E-state index in [0.717, 1.165) is 19.4 Å². The summed E-state index contributed by atoms with van der Waals surface area (Å²) in [5.41, 5.74) is 0.697. The minimum Gasteiger partial charge on any atom is -0.342 e. The summed E-state index contributed by atoms with van der Waals surface area (Å²) in [5.74, 6) is -0.346. The van der Waals surface area contributed by atoms with E-state index >= 15 is 0 Å². The summed E-state index contributed by atoms with van der Waals surface area (Å²) in [4.78, 5) is 13.3. The van der Waals surface area contributed by atoms with E-state index in [-0.39, 0.29) is 11.7 Å². The van der Waals surface area contributed by atoms with Gasteiger partial charge in [-0.1, -0.05) is 25.5 Å². The van der Waals surface area contributed by atoms with Crippen LogP contribution in [0.4, 0.5) is 4.39 Å². The van der Waals surface area contributed by atoms with Gasteiger partial charge in [-0.3, -0.25) is 4.79 Å². The molecule has 0 N–H and O–H groups in total. The highest BCUT2D eigenvalue weighted by Crippen LogP contribution is 2.05. The highest BCUT2D eigenvalue weighted by atomic mass is 19.1. The Morgan fingerprint density at radius 3 is 2.88 bits per heavy atom. The quantitative estimate of drug-likeness (QED) is 0.718. The molecule has 1 amide bonds. The van der Waals surface area contributed by atoms with E-state index in [1.807, 2.05) is 0 Å². The molecule has 0 aliphatic rings. The molecule has 0 unspecified atom stereocenters. The Morgan fingerprint density at radius 1 is 1.47 bits per heavy atom. The Hall–Kier alpha value is -1.64. The Labute approximate surface area is 102 Å². The number of carbonyl (C=O) groups is 1. The highest BCUT2D eigenvalue weighted by Gasteiger charge is 2.03. The van der Waals surface area contributed by atoms with Crippen molar-refractivity contribution < 1.29 is 9.18 Å². The molecule has 0 saturated carbocycles. The van der Waals surface area contributed by atoms with Crippen LogP contribution < -0.4 is 0 Å². The SMILES string of the molecule is CCCCN(C)C(=O)/C=C/c1cccc(F)c1. The molecule has 0 radical (unpaired) electrons. The van der Waals surface area contributed by atoms with Crippen molar-refractivity contribution in [3.63, 3.8) is 0 Å². The van der Waals surface area contributed by atoms with Crippen LogP contribution in [0.3, 0.4) is 0 Å². The van der Waals surface area contributed by atoms with E-state index in [9.17, 15) is 9.18 Å². The molecule has 0 atom stereocenters. The van der Waals surface area contributed by atoms with Crippen LogP contribution in [0.5, 0.6) is 0 Å². The summed E-state index contributed by atoms with van der Waals surface area (Å²) >= 11 is 0. The molecule has 2 nitrogen and oxygen atoms in total. The van der Waals surface area contributed by atoms with Gasteiger partial charge in [0.15, 0.2) is 0 Å². The summed E-state index contributed by atoms with van der Waals surface area (Å²) in [7, 11) is 1.77. The fourth-order valence-electron chi connectivity index (χ4n) is 1.41. The van der Waals surface area contributed by atoms with E-state index in [1.54, 1.807) is 30.2 Å². The van der Waals surface area contributed by atoms with Gasteiger partial charge in [-0.05, 0) is 30.2 Å². The molecule has 0 saturated heterocycles. The average Bonchev–Trinajstić information content (AvgIpc) is 2.33. The van der Waals surface area contributed by atoms with Crippen LogP contribution in [0, 0.1) is 5.82 Å². The fourth-order valence-corrected chi connectivity index (χ4v) is 1.41. The van der Waals surface area contributed by atoms with Crippen LogP contribution >= 0.6 is 0 Å². The van der Waals surface area contributed by atoms with E-state index in [4.69, 9.17) is 0 Å². The molecule has 0 spiro atoms. The van der Waals surface area contributed by atoms with Gasteiger partial charge in [0, 0.05) is 19.7 Å². The molecule has 0 aromatic heterocycles. The van der Waals surface area contributed by atoms with Crippen molar-refractivity contribution in [1.29, 1.82) is 0 Å². The first-order valence-electron chi connectivity index (χ1n) is 5.82. The fraction of sp³-hybridized carbons (Fsp3) is 0.357. The van der Waals surface area contributed by atoms with Gasteiger partial charge in [-0.2, -0.15) is 0 Å². The van der Waals surface area contributed by atoms with Crippen molar-refractivity contribution in [2.75, 3.05) is 13.6 Å². The minimum atomic E-state index is -0.293. The number of halogens is 1. The van der Waals surface area contributed by atoms with Crippen molar-refractivity contribution in [3.8, 4) is 0 Å². The van der Waals surface area contributed by atoms with Gasteiger partial charge in [0.05, 0.1) is 0 Å². The van der Waals surface area contributed by atoms with E-state index < -0.39 is 0 Å². The summed E-state index contributed by atoms with van der Waals surface area (Å²) < 4.78 is 12.9. The number of carbonyl (C=O) groups excluding carboxylic acids is 1. The van der Waals surface area contributed by atoms with Gasteiger partial charge in [-0.15, -0.1) is 0 Å². The zero-order valence-electron chi connectivity index (χ0n) is 10.3. The van der Waals surface area contributed by atoms with E-state index in [1.165, 1.54) is 18.2 Å². The number of hydrogen-bond donors (Lipinski definition) is 0. The maximum Gasteiger partial charge on any atom is 0.246 e. The largest absolute Gasteiger partial charge is 0.342 e. The third-order valence-corrected chi connectivity index (χ3v) is 2.49. The lowest BCUT2D eigenvalue weighted by Crippen LogP contribution is -2.25. The summed E-state index contributed by atoms with van der Waals surface area (Å²) in [6.07, 6.45) is 5.17. The maximum absolute atomic E-state index is 12.9. The number of nitrogens with zero attached hydrogens (tertiary/aromatic N) is 1. The lowest BCUT2D eigenvalue weighted by atomic mass is 10.2. The van der Waals surface area contributed by atoms with Gasteiger partial charge < -0.3 is 4.90 Å². The second-order valence-corrected chi connectivity index (χ2v) is 4.00. The number of hydrogen-bond acceptors (Lipinski definition) is 1. The monoisotopic (exact) mass is 235 g/mol. The van der Waals surface area contributed by atoms with E-state index in [0.29, 0.717) is 5.56 Å². The Bertz CT molecular complexity index is 401. The topological polar surface area (TPSA) is 20.3 Å². The van der Waals surface area contributed by atoms with Crippen molar-refractivity contribution in [2.45, 2.75) is 19.8 Å². The maximum atomic E-state index is 12.9. The Kier molecular flexibility index (Phi) is 5.40. The van der Waals surface area contributed by atoms with Crippen LogP contribution in [-0.2, 0) is 4.79 Å². The first-order valence-corrected chi connectivity index (χ1v) is 5.82. The molecule has 3 heteroatoms. The molecule has 0 aliphatic carbocycles. The van der Waals surface area contributed by atoms with Crippen LogP contribution in [-0.4, -0.2) is 24.4 Å². The van der Waals surface area contributed by atoms with Gasteiger partial charge in [-0.25, -0.2) is 4.39 Å². The molecule has 0 fully saturated rings. The van der Waals surface area contributed by atoms with Crippen LogP contribution in [0.2, 0.25) is 0 Å². The van der Waals surface area contributed by atoms with Crippen molar-refractivity contribution in [1.82, 2.24) is 4.90 Å². The molecule has 92 valence electrons. The Morgan fingerprint density at radius 2 is 2.24 bits per heavy atom. The molecule has 0 heterocycles. The second kappa shape index (κ2) is 6.84. The number of rotatable bonds is 5. The zero-order chi connectivity index (χ0) is 12.7. The summed E-state index contributed by atoms with van der Waals surface area (Å²) in [5, 5.41) is 0. The van der Waals surface area contributed by atoms with Gasteiger partial charge in [0.2, 0.25) is 5.91 Å². The Balaban J connectivity index is 2.55. The van der Waals surface area contributed by atoms with Crippen molar-refractivity contribution in [2.24, 2.45) is 0 Å². The standard InChI is InChI=1S/C14H18FNO/c1-3-4-10-16(2)14(17)9-8-12-6-5-7-13(15)11-12/h5-9,11H,3-4,10H2,1-2H3/b9-8+. The second-order valence-electron chi connectivity index (χ2n) is 4.00. The normalized spacial score (nSPS) is 10.8. The third-order valence-electron chi connectivity index (χ3n) is 2.49. The van der Waals surface area contributed by atoms with E-state index in [2.05, 4.69) is 6.92 Å². The first kappa shape index (κ1) is 13.4. The van der Waals surface area contributed by atoms with Gasteiger partial charge >= 0.3 is 0 Å². The smallest absolute Gasteiger partial charge is 0.246 e. The number of likely N-dealkylation sites (N-methyl/N-ethyl adjacent to an activating group) is 1. The number of amides is 1. The highest BCUT2D eigenvalue weighted by molar-refractivity contribution is 5.91. The molecular formula is C14H18FNO. The minimum absolute atomic E-state index is 0.0530. The van der Waals surface area contributed by atoms with Gasteiger partial charge in [0.25, 0.3) is 0 Å². The first-order chi connectivity index (χ1) is 8.13.